The van der Waals surface area contributed by atoms with Crippen molar-refractivity contribution in [2.75, 3.05) is 6.61 Å². The molecular formula is C20H20BrClO2S. The third-order valence-electron chi connectivity index (χ3n) is 4.14. The first-order chi connectivity index (χ1) is 12.0. The Labute approximate surface area is 165 Å². The summed E-state index contributed by atoms with van der Waals surface area (Å²) in [7, 11) is 0. The van der Waals surface area contributed by atoms with Crippen molar-refractivity contribution in [3.63, 3.8) is 0 Å². The molecule has 3 rings (SSSR count). The maximum absolute atomic E-state index is 10.9. The summed E-state index contributed by atoms with van der Waals surface area (Å²) in [5.74, 6) is 0.824. The van der Waals surface area contributed by atoms with Crippen LogP contribution in [0.15, 0.2) is 40.9 Å². The first kappa shape index (κ1) is 18.7. The van der Waals surface area contributed by atoms with Crippen molar-refractivity contribution in [2.24, 2.45) is 0 Å². The van der Waals surface area contributed by atoms with Crippen molar-refractivity contribution in [3.8, 4) is 5.75 Å². The summed E-state index contributed by atoms with van der Waals surface area (Å²) in [6, 6.07) is 11.8. The summed E-state index contributed by atoms with van der Waals surface area (Å²) in [5, 5.41) is 12.7. The lowest BCUT2D eigenvalue weighted by Crippen LogP contribution is -2.03. The predicted octanol–water partition coefficient (Wildman–Crippen LogP) is 6.89. The average molecular weight is 440 g/mol. The summed E-state index contributed by atoms with van der Waals surface area (Å²) < 4.78 is 7.81. The van der Waals surface area contributed by atoms with E-state index in [-0.39, 0.29) is 0 Å². The summed E-state index contributed by atoms with van der Waals surface area (Å²) in [4.78, 5) is 0.909. The van der Waals surface area contributed by atoms with E-state index in [1.807, 2.05) is 43.3 Å². The lowest BCUT2D eigenvalue weighted by molar-refractivity contribution is 0.223. The van der Waals surface area contributed by atoms with E-state index in [2.05, 4.69) is 22.9 Å². The Kier molecular flexibility index (Phi) is 6.05. The van der Waals surface area contributed by atoms with Crippen LogP contribution in [0.3, 0.4) is 0 Å². The molecule has 2 nitrogen and oxygen atoms in total. The molecule has 0 bridgehead atoms. The Morgan fingerprint density at radius 1 is 1.24 bits per heavy atom. The highest BCUT2D eigenvalue weighted by atomic mass is 79.9. The molecule has 0 aliphatic carbocycles. The number of thiophene rings is 1. The predicted molar refractivity (Wildman–Crippen MR) is 110 cm³/mol. The van der Waals surface area contributed by atoms with Gasteiger partial charge in [-0.1, -0.05) is 24.9 Å². The Hall–Kier alpha value is -1.07. The van der Waals surface area contributed by atoms with Crippen molar-refractivity contribution >= 4 is 49.0 Å². The first-order valence-electron chi connectivity index (χ1n) is 8.29. The van der Waals surface area contributed by atoms with E-state index in [4.69, 9.17) is 16.3 Å². The van der Waals surface area contributed by atoms with Gasteiger partial charge in [-0.25, -0.2) is 0 Å². The second-order valence-corrected chi connectivity index (χ2v) is 8.48. The van der Waals surface area contributed by atoms with Crippen LogP contribution in [-0.2, 0) is 0 Å². The Balaban J connectivity index is 1.90. The van der Waals surface area contributed by atoms with Crippen LogP contribution in [0.1, 0.15) is 41.9 Å². The van der Waals surface area contributed by atoms with Crippen LogP contribution in [0.2, 0.25) is 5.02 Å². The lowest BCUT2D eigenvalue weighted by atomic mass is 10.0. The van der Waals surface area contributed by atoms with E-state index in [0.717, 1.165) is 49.2 Å². The number of hydrogen-bond acceptors (Lipinski definition) is 3. The molecule has 0 saturated carbocycles. The second kappa shape index (κ2) is 8.09. The summed E-state index contributed by atoms with van der Waals surface area (Å²) in [6.45, 7) is 4.84. The average Bonchev–Trinajstić information content (AvgIpc) is 3.00. The Morgan fingerprint density at radius 2 is 2.04 bits per heavy atom. The molecule has 0 fully saturated rings. The summed E-state index contributed by atoms with van der Waals surface area (Å²) in [5.41, 5.74) is 1.89. The molecule has 3 aromatic rings. The Bertz CT molecular complexity index is 891. The van der Waals surface area contributed by atoms with Crippen molar-refractivity contribution in [2.45, 2.75) is 32.8 Å². The van der Waals surface area contributed by atoms with Crippen LogP contribution in [0, 0.1) is 6.92 Å². The third-order valence-corrected chi connectivity index (χ3v) is 6.16. The topological polar surface area (TPSA) is 29.5 Å². The van der Waals surface area contributed by atoms with Crippen LogP contribution in [0.25, 0.3) is 10.1 Å². The maximum Gasteiger partial charge on any atom is 0.133 e. The molecule has 1 N–H and O–H groups in total. The fraction of sp³-hybridized carbons (Fsp3) is 0.300. The molecule has 0 amide bonds. The largest absolute Gasteiger partial charge is 0.492 e. The van der Waals surface area contributed by atoms with Crippen molar-refractivity contribution in [3.05, 3.63) is 61.9 Å². The quantitative estimate of drug-likeness (QED) is 0.424. The van der Waals surface area contributed by atoms with Gasteiger partial charge in [-0.3, -0.25) is 0 Å². The van der Waals surface area contributed by atoms with Crippen LogP contribution in [0.4, 0.5) is 0 Å². The SMILES string of the molecule is CCCCOc1cc(C)c(C(O)c2cc3cc(Cl)ccc3s2)cc1Br. The molecule has 2 aromatic carbocycles. The normalized spacial score (nSPS) is 12.5. The van der Waals surface area contributed by atoms with Gasteiger partial charge in [-0.05, 0) is 82.2 Å². The van der Waals surface area contributed by atoms with Gasteiger partial charge in [0.15, 0.2) is 0 Å². The number of rotatable bonds is 6. The monoisotopic (exact) mass is 438 g/mol. The number of unbranched alkanes of at least 4 members (excludes halogenated alkanes) is 1. The lowest BCUT2D eigenvalue weighted by Gasteiger charge is -2.16. The minimum absolute atomic E-state index is 0.669. The maximum atomic E-state index is 10.9. The molecule has 0 radical (unpaired) electrons. The molecule has 132 valence electrons. The van der Waals surface area contributed by atoms with Gasteiger partial charge in [-0.15, -0.1) is 11.3 Å². The van der Waals surface area contributed by atoms with Gasteiger partial charge in [0.25, 0.3) is 0 Å². The number of aryl methyl sites for hydroxylation is 1. The molecule has 1 aromatic heterocycles. The zero-order chi connectivity index (χ0) is 18.0. The number of aliphatic hydroxyl groups excluding tert-OH is 1. The van der Waals surface area contributed by atoms with E-state index in [1.165, 1.54) is 0 Å². The minimum atomic E-state index is -0.669. The van der Waals surface area contributed by atoms with E-state index in [1.54, 1.807) is 11.3 Å². The number of fused-ring (bicyclic) bond motifs is 1. The molecule has 5 heteroatoms. The third kappa shape index (κ3) is 4.20. The number of halogens is 2. The van der Waals surface area contributed by atoms with Gasteiger partial charge in [-0.2, -0.15) is 0 Å². The van der Waals surface area contributed by atoms with E-state index < -0.39 is 6.10 Å². The van der Waals surface area contributed by atoms with Crippen LogP contribution in [-0.4, -0.2) is 11.7 Å². The number of aliphatic hydroxyl groups is 1. The Morgan fingerprint density at radius 3 is 2.80 bits per heavy atom. The van der Waals surface area contributed by atoms with Crippen LogP contribution < -0.4 is 4.74 Å². The molecule has 0 spiro atoms. The first-order valence-corrected chi connectivity index (χ1v) is 10.3. The van der Waals surface area contributed by atoms with E-state index in [9.17, 15) is 5.11 Å². The van der Waals surface area contributed by atoms with Crippen molar-refractivity contribution in [1.29, 1.82) is 0 Å². The van der Waals surface area contributed by atoms with Gasteiger partial charge in [0.2, 0.25) is 0 Å². The molecular weight excluding hydrogens is 420 g/mol. The number of benzene rings is 2. The smallest absolute Gasteiger partial charge is 0.133 e. The van der Waals surface area contributed by atoms with Gasteiger partial charge >= 0.3 is 0 Å². The summed E-state index contributed by atoms with van der Waals surface area (Å²) >= 11 is 11.2. The number of ether oxygens (including phenoxy) is 1. The van der Waals surface area contributed by atoms with Crippen LogP contribution >= 0.6 is 38.9 Å². The summed E-state index contributed by atoms with van der Waals surface area (Å²) in [6.07, 6.45) is 1.46. The highest BCUT2D eigenvalue weighted by Gasteiger charge is 2.18. The molecule has 0 aliphatic heterocycles. The van der Waals surface area contributed by atoms with Crippen molar-refractivity contribution in [1.82, 2.24) is 0 Å². The molecule has 0 saturated heterocycles. The number of hydrogen-bond donors (Lipinski definition) is 1. The zero-order valence-corrected chi connectivity index (χ0v) is 17.3. The van der Waals surface area contributed by atoms with Crippen molar-refractivity contribution < 1.29 is 9.84 Å². The fourth-order valence-electron chi connectivity index (χ4n) is 2.72. The molecule has 1 unspecified atom stereocenters. The van der Waals surface area contributed by atoms with Gasteiger partial charge in [0.1, 0.15) is 11.9 Å². The molecule has 0 aliphatic rings. The van der Waals surface area contributed by atoms with Gasteiger partial charge < -0.3 is 9.84 Å². The minimum Gasteiger partial charge on any atom is -0.492 e. The van der Waals surface area contributed by atoms with E-state index >= 15 is 0 Å². The second-order valence-electron chi connectivity index (χ2n) is 6.07. The van der Waals surface area contributed by atoms with Gasteiger partial charge in [0.05, 0.1) is 11.1 Å². The zero-order valence-electron chi connectivity index (χ0n) is 14.2. The highest BCUT2D eigenvalue weighted by Crippen LogP contribution is 2.38. The van der Waals surface area contributed by atoms with Crippen LogP contribution in [0.5, 0.6) is 5.75 Å². The highest BCUT2D eigenvalue weighted by molar-refractivity contribution is 9.10. The molecule has 25 heavy (non-hydrogen) atoms. The standard InChI is InChI=1S/C20H20BrClO2S/c1-3-4-7-24-17-8-12(2)15(11-16(17)21)20(23)19-10-13-9-14(22)5-6-18(13)25-19/h5-6,8-11,20,23H,3-4,7H2,1-2H3. The molecule has 1 atom stereocenters. The fourth-order valence-corrected chi connectivity index (χ4v) is 4.43. The van der Waals surface area contributed by atoms with Gasteiger partial charge in [0, 0.05) is 14.6 Å². The van der Waals surface area contributed by atoms with E-state index in [0.29, 0.717) is 11.6 Å². The molecule has 1 heterocycles.